The molecule has 0 amide bonds. The van der Waals surface area contributed by atoms with E-state index >= 15 is 0 Å². The number of nitrogens with zero attached hydrogens (tertiary/aromatic N) is 2. The van der Waals surface area contributed by atoms with Gasteiger partial charge in [0.2, 0.25) is 0 Å². The molecular weight excluding hydrogens is 240 g/mol. The fourth-order valence-electron chi connectivity index (χ4n) is 1.72. The maximum Gasteiger partial charge on any atom is 0.183 e. The highest BCUT2D eigenvalue weighted by Crippen LogP contribution is 2.21. The Balaban J connectivity index is 1.86. The summed E-state index contributed by atoms with van der Waals surface area (Å²) >= 11 is 0. The van der Waals surface area contributed by atoms with Crippen molar-refractivity contribution < 1.29 is 4.42 Å². The largest absolute Gasteiger partial charge is 0.465 e. The third kappa shape index (κ3) is 2.40. The van der Waals surface area contributed by atoms with Crippen molar-refractivity contribution >= 4 is 17.8 Å². The molecule has 0 saturated carbocycles. The van der Waals surface area contributed by atoms with Crippen LogP contribution in [-0.4, -0.2) is 15.2 Å². The Bertz CT molecular complexity index is 698. The molecule has 0 bridgehead atoms. The zero-order chi connectivity index (χ0) is 13.1. The highest BCUT2D eigenvalue weighted by molar-refractivity contribution is 5.72. The number of para-hydroxylation sites is 1. The second-order valence-electron chi connectivity index (χ2n) is 3.98. The lowest BCUT2D eigenvalue weighted by atomic mass is 10.2. The third-order valence-electron chi connectivity index (χ3n) is 2.65. The number of anilines is 1. The molecule has 5 nitrogen and oxygen atoms in total. The number of hydrogen-bond donors (Lipinski definition) is 2. The van der Waals surface area contributed by atoms with Gasteiger partial charge in [-0.15, -0.1) is 0 Å². The van der Waals surface area contributed by atoms with E-state index in [9.17, 15) is 0 Å². The topological polar surface area (TPSA) is 80.7 Å². The van der Waals surface area contributed by atoms with E-state index < -0.39 is 0 Å². The van der Waals surface area contributed by atoms with E-state index in [0.717, 1.165) is 11.3 Å². The molecule has 0 aliphatic heterocycles. The van der Waals surface area contributed by atoms with Crippen LogP contribution in [0, 0.1) is 0 Å². The minimum absolute atomic E-state index is 0.581. The van der Waals surface area contributed by atoms with Crippen LogP contribution in [0.25, 0.3) is 23.5 Å². The fraction of sp³-hybridized carbons (Fsp3) is 0. The second kappa shape index (κ2) is 4.81. The molecule has 0 atom stereocenters. The molecule has 0 saturated heterocycles. The first kappa shape index (κ1) is 11.3. The van der Waals surface area contributed by atoms with Crippen molar-refractivity contribution in [3.8, 4) is 11.4 Å². The molecule has 94 valence electrons. The van der Waals surface area contributed by atoms with Crippen LogP contribution >= 0.6 is 0 Å². The van der Waals surface area contributed by atoms with Crippen LogP contribution in [0.4, 0.5) is 5.69 Å². The Hall–Kier alpha value is -2.82. The van der Waals surface area contributed by atoms with Gasteiger partial charge in [0, 0.05) is 11.3 Å². The number of H-pyrrole nitrogens is 1. The molecule has 0 aliphatic carbocycles. The summed E-state index contributed by atoms with van der Waals surface area (Å²) < 4.78 is 5.20. The van der Waals surface area contributed by atoms with Crippen LogP contribution < -0.4 is 5.73 Å². The van der Waals surface area contributed by atoms with E-state index in [1.165, 1.54) is 0 Å². The number of nitrogen functional groups attached to an aromatic ring is 1. The van der Waals surface area contributed by atoms with Crippen molar-refractivity contribution in [1.29, 1.82) is 0 Å². The lowest BCUT2D eigenvalue weighted by molar-refractivity contribution is 0.557. The van der Waals surface area contributed by atoms with Crippen molar-refractivity contribution in [2.24, 2.45) is 0 Å². The third-order valence-corrected chi connectivity index (χ3v) is 2.65. The summed E-state index contributed by atoms with van der Waals surface area (Å²) in [5.41, 5.74) is 7.36. The van der Waals surface area contributed by atoms with Gasteiger partial charge in [0.15, 0.2) is 5.82 Å². The molecule has 2 heterocycles. The molecule has 1 aromatic carbocycles. The van der Waals surface area contributed by atoms with Crippen LogP contribution in [0.2, 0.25) is 0 Å². The molecule has 0 unspecified atom stereocenters. The number of aromatic amines is 1. The number of nitrogens with two attached hydrogens (primary N) is 1. The van der Waals surface area contributed by atoms with E-state index in [-0.39, 0.29) is 0 Å². The summed E-state index contributed by atoms with van der Waals surface area (Å²) in [7, 11) is 0. The number of aromatic nitrogens is 3. The van der Waals surface area contributed by atoms with Crippen LogP contribution in [0.1, 0.15) is 11.6 Å². The summed E-state index contributed by atoms with van der Waals surface area (Å²) in [6, 6.07) is 11.2. The van der Waals surface area contributed by atoms with E-state index in [4.69, 9.17) is 10.2 Å². The van der Waals surface area contributed by atoms with Crippen molar-refractivity contribution in [1.82, 2.24) is 15.2 Å². The summed E-state index contributed by atoms with van der Waals surface area (Å²) in [6.07, 6.45) is 5.24. The van der Waals surface area contributed by atoms with Gasteiger partial charge in [-0.1, -0.05) is 12.1 Å². The smallest absolute Gasteiger partial charge is 0.183 e. The molecule has 3 N–H and O–H groups in total. The number of nitrogens with one attached hydrogen (secondary N) is 1. The van der Waals surface area contributed by atoms with Gasteiger partial charge in [-0.05, 0) is 36.4 Å². The predicted molar refractivity (Wildman–Crippen MR) is 73.9 cm³/mol. The standard InChI is InChI=1S/C14H12N4O/c15-12-6-2-1-5-11(12)14-16-13(17-18-14)8-7-10-4-3-9-19-10/h1-9H,15H2,(H,16,17,18). The SMILES string of the molecule is Nc1ccccc1-c1n[nH]c(C=Cc2ccco2)n1. The normalized spacial score (nSPS) is 11.2. The van der Waals surface area contributed by atoms with Crippen molar-refractivity contribution in [3.05, 3.63) is 54.2 Å². The maximum atomic E-state index is 5.89. The summed E-state index contributed by atoms with van der Waals surface area (Å²) in [5, 5.41) is 7.00. The Morgan fingerprint density at radius 3 is 2.79 bits per heavy atom. The van der Waals surface area contributed by atoms with Crippen LogP contribution in [0.3, 0.4) is 0 Å². The molecule has 3 rings (SSSR count). The Labute approximate surface area is 109 Å². The first-order valence-corrected chi connectivity index (χ1v) is 5.82. The Kier molecular flexibility index (Phi) is 2.86. The summed E-state index contributed by atoms with van der Waals surface area (Å²) in [6.45, 7) is 0. The van der Waals surface area contributed by atoms with E-state index in [0.29, 0.717) is 17.3 Å². The zero-order valence-electron chi connectivity index (χ0n) is 10.1. The molecular formula is C14H12N4O. The van der Waals surface area contributed by atoms with Crippen molar-refractivity contribution in [2.75, 3.05) is 5.73 Å². The Morgan fingerprint density at radius 2 is 2.00 bits per heavy atom. The zero-order valence-corrected chi connectivity index (χ0v) is 10.1. The molecule has 0 aliphatic rings. The highest BCUT2D eigenvalue weighted by Gasteiger charge is 2.06. The number of hydrogen-bond acceptors (Lipinski definition) is 4. The van der Waals surface area contributed by atoms with E-state index in [1.54, 1.807) is 12.3 Å². The first-order valence-electron chi connectivity index (χ1n) is 5.82. The van der Waals surface area contributed by atoms with Gasteiger partial charge >= 0.3 is 0 Å². The minimum Gasteiger partial charge on any atom is -0.465 e. The number of benzene rings is 1. The summed E-state index contributed by atoms with van der Waals surface area (Å²) in [5.74, 6) is 1.99. The average Bonchev–Trinajstić information content (AvgIpc) is 3.08. The molecule has 3 aromatic rings. The van der Waals surface area contributed by atoms with Gasteiger partial charge in [0.05, 0.1) is 6.26 Å². The first-order chi connectivity index (χ1) is 9.33. The summed E-state index contributed by atoms with van der Waals surface area (Å²) in [4.78, 5) is 4.37. The van der Waals surface area contributed by atoms with Gasteiger partial charge in [-0.25, -0.2) is 4.98 Å². The van der Waals surface area contributed by atoms with Gasteiger partial charge in [0.25, 0.3) is 0 Å². The lowest BCUT2D eigenvalue weighted by Crippen LogP contribution is -1.90. The van der Waals surface area contributed by atoms with E-state index in [2.05, 4.69) is 15.2 Å². The molecule has 0 fully saturated rings. The monoisotopic (exact) mass is 252 g/mol. The number of furan rings is 1. The van der Waals surface area contributed by atoms with Crippen LogP contribution in [0.5, 0.6) is 0 Å². The van der Waals surface area contributed by atoms with Gasteiger partial charge in [0.1, 0.15) is 11.6 Å². The van der Waals surface area contributed by atoms with Crippen LogP contribution in [-0.2, 0) is 0 Å². The fourth-order valence-corrected chi connectivity index (χ4v) is 1.72. The maximum absolute atomic E-state index is 5.89. The highest BCUT2D eigenvalue weighted by atomic mass is 16.3. The van der Waals surface area contributed by atoms with Gasteiger partial charge < -0.3 is 10.2 Å². The second-order valence-corrected chi connectivity index (χ2v) is 3.98. The quantitative estimate of drug-likeness (QED) is 0.702. The molecule has 2 aromatic heterocycles. The van der Waals surface area contributed by atoms with E-state index in [1.807, 2.05) is 42.5 Å². The predicted octanol–water partition coefficient (Wildman–Crippen LogP) is 2.82. The molecule has 5 heteroatoms. The van der Waals surface area contributed by atoms with Crippen molar-refractivity contribution in [3.63, 3.8) is 0 Å². The number of rotatable bonds is 3. The minimum atomic E-state index is 0.581. The van der Waals surface area contributed by atoms with Gasteiger partial charge in [-0.2, -0.15) is 5.10 Å². The Morgan fingerprint density at radius 1 is 1.11 bits per heavy atom. The molecule has 0 radical (unpaired) electrons. The van der Waals surface area contributed by atoms with Crippen LogP contribution in [0.15, 0.2) is 47.1 Å². The average molecular weight is 252 g/mol. The lowest BCUT2D eigenvalue weighted by Gasteiger charge is -1.98. The van der Waals surface area contributed by atoms with Gasteiger partial charge in [-0.3, -0.25) is 5.10 Å². The molecule has 0 spiro atoms. The van der Waals surface area contributed by atoms with Crippen molar-refractivity contribution in [2.45, 2.75) is 0 Å². The molecule has 19 heavy (non-hydrogen) atoms.